The van der Waals surface area contributed by atoms with E-state index in [4.69, 9.17) is 16.7 Å². The molecule has 0 spiro atoms. The van der Waals surface area contributed by atoms with Gasteiger partial charge in [0, 0.05) is 23.0 Å². The number of aliphatic hydroxyl groups excluding tert-OH is 1. The van der Waals surface area contributed by atoms with Crippen LogP contribution in [0.25, 0.3) is 0 Å². The van der Waals surface area contributed by atoms with Gasteiger partial charge in [0.05, 0.1) is 11.5 Å². The summed E-state index contributed by atoms with van der Waals surface area (Å²) in [6.07, 6.45) is 0. The zero-order valence-electron chi connectivity index (χ0n) is 8.94. The molecule has 2 N–H and O–H groups in total. The third kappa shape index (κ3) is 3.15. The molecule has 0 aromatic carbocycles. The van der Waals surface area contributed by atoms with Gasteiger partial charge < -0.3 is 10.4 Å². The maximum atomic E-state index is 10.6. The van der Waals surface area contributed by atoms with Gasteiger partial charge in [-0.2, -0.15) is 0 Å². The summed E-state index contributed by atoms with van der Waals surface area (Å²) in [6.45, 7) is 3.73. The summed E-state index contributed by atoms with van der Waals surface area (Å²) in [7, 11) is 0. The van der Waals surface area contributed by atoms with E-state index in [1.54, 1.807) is 0 Å². The molecule has 0 radical (unpaired) electrons. The monoisotopic (exact) mass is 264 g/mol. The molecule has 0 amide bonds. The highest BCUT2D eigenvalue weighted by Crippen LogP contribution is 2.36. The van der Waals surface area contributed by atoms with Gasteiger partial charge in [0.2, 0.25) is 0 Å². The predicted octanol–water partition coefficient (Wildman–Crippen LogP) is 2.34. The Morgan fingerprint density at radius 2 is 2.31 bits per heavy atom. The molecule has 90 valence electrons. The van der Waals surface area contributed by atoms with Gasteiger partial charge in [0.1, 0.15) is 0 Å². The van der Waals surface area contributed by atoms with Crippen LogP contribution in [0, 0.1) is 10.1 Å². The van der Waals surface area contributed by atoms with Crippen molar-refractivity contribution in [2.45, 2.75) is 25.9 Å². The Labute approximate surface area is 102 Å². The Bertz CT molecular complexity index is 383. The number of rotatable bonds is 5. The molecule has 2 atom stereocenters. The summed E-state index contributed by atoms with van der Waals surface area (Å²) in [4.78, 5) is 10.9. The summed E-state index contributed by atoms with van der Waals surface area (Å²) in [6, 6.07) is 1.34. The Morgan fingerprint density at radius 3 is 2.75 bits per heavy atom. The molecule has 0 aliphatic rings. The van der Waals surface area contributed by atoms with E-state index < -0.39 is 4.92 Å². The molecule has 1 rings (SSSR count). The van der Waals surface area contributed by atoms with Crippen LogP contribution in [-0.4, -0.2) is 22.7 Å². The minimum Gasteiger partial charge on any atom is -0.395 e. The quantitative estimate of drug-likeness (QED) is 0.632. The number of hydrogen-bond donors (Lipinski definition) is 2. The maximum absolute atomic E-state index is 10.6. The molecule has 1 aromatic heterocycles. The van der Waals surface area contributed by atoms with Crippen LogP contribution in [0.2, 0.25) is 4.34 Å². The van der Waals surface area contributed by atoms with Crippen molar-refractivity contribution in [1.82, 2.24) is 5.32 Å². The van der Waals surface area contributed by atoms with Crippen LogP contribution in [0.5, 0.6) is 0 Å². The summed E-state index contributed by atoms with van der Waals surface area (Å²) in [5.41, 5.74) is -0.0630. The fourth-order valence-electron chi connectivity index (χ4n) is 1.28. The Morgan fingerprint density at radius 1 is 1.69 bits per heavy atom. The van der Waals surface area contributed by atoms with Crippen molar-refractivity contribution in [1.29, 1.82) is 0 Å². The number of halogens is 1. The number of nitrogens with zero attached hydrogens (tertiary/aromatic N) is 1. The summed E-state index contributed by atoms with van der Waals surface area (Å²) < 4.78 is 0.185. The largest absolute Gasteiger partial charge is 0.395 e. The normalized spacial score (nSPS) is 14.8. The van der Waals surface area contributed by atoms with Crippen molar-refractivity contribution in [3.05, 3.63) is 25.4 Å². The van der Waals surface area contributed by atoms with Crippen LogP contribution in [-0.2, 0) is 0 Å². The van der Waals surface area contributed by atoms with Crippen molar-refractivity contribution in [2.75, 3.05) is 6.61 Å². The van der Waals surface area contributed by atoms with Gasteiger partial charge in [-0.15, -0.1) is 11.3 Å². The first-order valence-corrected chi connectivity index (χ1v) is 5.95. The van der Waals surface area contributed by atoms with E-state index in [2.05, 4.69) is 5.32 Å². The Kier molecular flexibility index (Phi) is 4.67. The minimum absolute atomic E-state index is 0.0194. The average Bonchev–Trinajstić information content (AvgIpc) is 2.60. The lowest BCUT2D eigenvalue weighted by atomic mass is 10.2. The van der Waals surface area contributed by atoms with Crippen LogP contribution in [0.3, 0.4) is 0 Å². The molecule has 7 heteroatoms. The molecule has 2 unspecified atom stereocenters. The van der Waals surface area contributed by atoms with E-state index in [0.29, 0.717) is 0 Å². The highest BCUT2D eigenvalue weighted by molar-refractivity contribution is 7.16. The zero-order valence-corrected chi connectivity index (χ0v) is 10.5. The molecule has 1 aromatic rings. The van der Waals surface area contributed by atoms with Crippen LogP contribution < -0.4 is 5.32 Å². The van der Waals surface area contributed by atoms with E-state index >= 15 is 0 Å². The SMILES string of the molecule is CC(CO)NC(C)c1cc([N+](=O)[O-])c(Cl)s1. The van der Waals surface area contributed by atoms with Gasteiger partial charge in [-0.25, -0.2) is 0 Å². The lowest BCUT2D eigenvalue weighted by Gasteiger charge is -2.16. The topological polar surface area (TPSA) is 75.4 Å². The second-order valence-corrected chi connectivity index (χ2v) is 5.22. The number of aliphatic hydroxyl groups is 1. The molecule has 0 saturated carbocycles. The molecule has 0 bridgehead atoms. The van der Waals surface area contributed by atoms with Gasteiger partial charge in [0.15, 0.2) is 4.34 Å². The summed E-state index contributed by atoms with van der Waals surface area (Å²) >= 11 is 6.94. The van der Waals surface area contributed by atoms with E-state index in [-0.39, 0.29) is 28.7 Å². The number of thiophene rings is 1. The molecule has 1 heterocycles. The molecule has 5 nitrogen and oxygen atoms in total. The van der Waals surface area contributed by atoms with Crippen LogP contribution in [0.4, 0.5) is 5.69 Å². The highest BCUT2D eigenvalue weighted by Gasteiger charge is 2.20. The van der Waals surface area contributed by atoms with Crippen molar-refractivity contribution in [3.63, 3.8) is 0 Å². The number of hydrogen-bond acceptors (Lipinski definition) is 5. The first-order chi connectivity index (χ1) is 7.45. The van der Waals surface area contributed by atoms with Gasteiger partial charge in [0.25, 0.3) is 5.69 Å². The van der Waals surface area contributed by atoms with E-state index in [1.165, 1.54) is 17.4 Å². The van der Waals surface area contributed by atoms with Gasteiger partial charge >= 0.3 is 0 Å². The van der Waals surface area contributed by atoms with Gasteiger partial charge in [-0.3, -0.25) is 10.1 Å². The Balaban J connectivity index is 2.80. The fraction of sp³-hybridized carbons (Fsp3) is 0.556. The maximum Gasteiger partial charge on any atom is 0.299 e. The fourth-order valence-corrected chi connectivity index (χ4v) is 2.53. The first kappa shape index (κ1) is 13.4. The van der Waals surface area contributed by atoms with Crippen LogP contribution >= 0.6 is 22.9 Å². The van der Waals surface area contributed by atoms with Crippen molar-refractivity contribution >= 4 is 28.6 Å². The lowest BCUT2D eigenvalue weighted by Crippen LogP contribution is -2.31. The zero-order chi connectivity index (χ0) is 12.3. The molecular weight excluding hydrogens is 252 g/mol. The third-order valence-electron chi connectivity index (χ3n) is 2.12. The van der Waals surface area contributed by atoms with Crippen LogP contribution in [0.1, 0.15) is 24.8 Å². The molecule has 0 saturated heterocycles. The molecule has 0 aliphatic heterocycles. The third-order valence-corrected chi connectivity index (χ3v) is 3.64. The lowest BCUT2D eigenvalue weighted by molar-refractivity contribution is -0.384. The summed E-state index contributed by atoms with van der Waals surface area (Å²) in [5, 5.41) is 22.6. The standard InChI is InChI=1S/C9H13ClN2O3S/c1-5(4-13)11-6(2)8-3-7(12(14)15)9(10)16-8/h3,5-6,11,13H,4H2,1-2H3. The minimum atomic E-state index is -0.496. The summed E-state index contributed by atoms with van der Waals surface area (Å²) in [5.74, 6) is 0. The van der Waals surface area contributed by atoms with E-state index in [1.807, 2.05) is 13.8 Å². The van der Waals surface area contributed by atoms with E-state index in [0.717, 1.165) is 4.88 Å². The second-order valence-electron chi connectivity index (χ2n) is 3.54. The Hall–Kier alpha value is -0.690. The van der Waals surface area contributed by atoms with Gasteiger partial charge in [-0.1, -0.05) is 11.6 Å². The van der Waals surface area contributed by atoms with Crippen molar-refractivity contribution in [2.24, 2.45) is 0 Å². The molecule has 0 aliphatic carbocycles. The number of nitro groups is 1. The van der Waals surface area contributed by atoms with Crippen LogP contribution in [0.15, 0.2) is 6.07 Å². The molecule has 16 heavy (non-hydrogen) atoms. The van der Waals surface area contributed by atoms with Gasteiger partial charge in [-0.05, 0) is 13.8 Å². The highest BCUT2D eigenvalue weighted by atomic mass is 35.5. The molecule has 0 fully saturated rings. The smallest absolute Gasteiger partial charge is 0.299 e. The van der Waals surface area contributed by atoms with Crippen molar-refractivity contribution in [3.8, 4) is 0 Å². The average molecular weight is 265 g/mol. The number of nitrogens with one attached hydrogen (secondary N) is 1. The van der Waals surface area contributed by atoms with Crippen molar-refractivity contribution < 1.29 is 10.0 Å². The van der Waals surface area contributed by atoms with E-state index in [9.17, 15) is 10.1 Å². The first-order valence-electron chi connectivity index (χ1n) is 4.76. The predicted molar refractivity (Wildman–Crippen MR) is 64.1 cm³/mol. The second kappa shape index (κ2) is 5.58. The molecular formula is C9H13ClN2O3S.